The van der Waals surface area contributed by atoms with Gasteiger partial charge in [0.25, 0.3) is 16.0 Å². The third kappa shape index (κ3) is 12.8. The van der Waals surface area contributed by atoms with E-state index in [1.807, 2.05) is 0 Å². The van der Waals surface area contributed by atoms with E-state index >= 15 is 0 Å². The van der Waals surface area contributed by atoms with E-state index in [1.54, 1.807) is 42.5 Å². The van der Waals surface area contributed by atoms with Gasteiger partial charge in [-0.05, 0) is 96.7 Å². The number of Topliss-reactive ketones (excluding diaryl/α,β-unsaturated/α-hetero) is 1. The highest BCUT2D eigenvalue weighted by Gasteiger charge is 2.30. The van der Waals surface area contributed by atoms with Gasteiger partial charge < -0.3 is 35.3 Å². The highest BCUT2D eigenvalue weighted by Crippen LogP contribution is 2.47. The fourth-order valence-corrected chi connectivity index (χ4v) is 7.07. The standard InChI is InChI=1S/C41H42ClN5O13S2/c1-4-5-6-17-43-28-11-16-32(42)33(22-28)45-41(51)40(38(49)25-7-12-29(56-3)13-8-25)58-19-18-57-30-14-9-27(10-15-30)46-47-37-35(61-60-59-52)21-26-20-31(62(53,54)55)23-34(44-24(2)48)36(26)39(37)50/h7-16,20-23,40,43,50,52H,4-6,17-19H2,1-3H3,(H,44,48)(H,45,51)(H,53,54,55). The first-order valence-corrected chi connectivity index (χ1v) is 21.3. The molecule has 21 heteroatoms. The Balaban J connectivity index is 1.30. The number of ether oxygens (including phenoxy) is 3. The molecule has 0 spiro atoms. The summed E-state index contributed by atoms with van der Waals surface area (Å²) in [6, 6.07) is 20.8. The Hall–Kier alpha value is -5.84. The molecule has 0 aliphatic rings. The number of carbonyl (C=O) groups is 3. The van der Waals surface area contributed by atoms with Crippen molar-refractivity contribution in [2.45, 2.75) is 49.0 Å². The lowest BCUT2D eigenvalue weighted by molar-refractivity contribution is -0.432. The van der Waals surface area contributed by atoms with Crippen molar-refractivity contribution in [1.29, 1.82) is 0 Å². The first-order valence-electron chi connectivity index (χ1n) is 18.7. The average molecular weight is 912 g/mol. The van der Waals surface area contributed by atoms with E-state index in [0.29, 0.717) is 29.2 Å². The zero-order chi connectivity index (χ0) is 44.8. The second kappa shape index (κ2) is 22.3. The molecule has 0 fully saturated rings. The largest absolute Gasteiger partial charge is 0.505 e. The van der Waals surface area contributed by atoms with Gasteiger partial charge in [-0.25, -0.2) is 5.26 Å². The Morgan fingerprint density at radius 3 is 2.27 bits per heavy atom. The number of rotatable bonds is 22. The molecule has 1 atom stereocenters. The molecule has 0 saturated heterocycles. The number of benzene rings is 5. The molecule has 0 aliphatic carbocycles. The lowest BCUT2D eigenvalue weighted by Gasteiger charge is -2.18. The van der Waals surface area contributed by atoms with Gasteiger partial charge in [-0.1, -0.05) is 36.4 Å². The van der Waals surface area contributed by atoms with Crippen LogP contribution in [0.5, 0.6) is 17.2 Å². The topological polar surface area (TPSA) is 253 Å². The number of phenolic OH excluding ortho intramolecular Hbond substituents is 1. The Morgan fingerprint density at radius 2 is 1.61 bits per heavy atom. The van der Waals surface area contributed by atoms with Crippen LogP contribution >= 0.6 is 23.6 Å². The highest BCUT2D eigenvalue weighted by atomic mass is 35.5. The number of aromatic hydroxyl groups is 1. The van der Waals surface area contributed by atoms with Gasteiger partial charge >= 0.3 is 0 Å². The molecule has 0 aromatic heterocycles. The normalized spacial score (nSPS) is 12.0. The van der Waals surface area contributed by atoms with Crippen LogP contribution in [0.25, 0.3) is 10.8 Å². The number of nitrogens with one attached hydrogen (secondary N) is 3. The lowest BCUT2D eigenvalue weighted by atomic mass is 10.1. The monoisotopic (exact) mass is 911 g/mol. The van der Waals surface area contributed by atoms with Crippen LogP contribution < -0.4 is 25.4 Å². The van der Waals surface area contributed by atoms with E-state index in [9.17, 15) is 32.5 Å². The summed E-state index contributed by atoms with van der Waals surface area (Å²) in [5, 5.41) is 40.8. The third-order valence-electron chi connectivity index (χ3n) is 8.81. The predicted molar refractivity (Wildman–Crippen MR) is 232 cm³/mol. The van der Waals surface area contributed by atoms with Crippen molar-refractivity contribution in [2.24, 2.45) is 10.2 Å². The molecule has 0 radical (unpaired) electrons. The summed E-state index contributed by atoms with van der Waals surface area (Å²) < 4.78 is 54.9. The summed E-state index contributed by atoms with van der Waals surface area (Å²) in [5.74, 6) is -1.63. The van der Waals surface area contributed by atoms with Gasteiger partial charge in [0.1, 0.15) is 23.8 Å². The maximum absolute atomic E-state index is 13.6. The minimum absolute atomic E-state index is 0.0158. The fraction of sp³-hybridized carbons (Fsp3) is 0.244. The molecule has 0 heterocycles. The van der Waals surface area contributed by atoms with E-state index in [0.717, 1.165) is 50.6 Å². The predicted octanol–water partition coefficient (Wildman–Crippen LogP) is 9.14. The molecule has 0 saturated carbocycles. The van der Waals surface area contributed by atoms with Crippen LogP contribution in [-0.4, -0.2) is 73.9 Å². The number of fused-ring (bicyclic) bond motifs is 1. The van der Waals surface area contributed by atoms with Gasteiger partial charge in [-0.15, -0.1) is 9.45 Å². The molecular weight excluding hydrogens is 870 g/mol. The number of hydrogen-bond donors (Lipinski definition) is 6. The number of carbonyl (C=O) groups excluding carboxylic acids is 3. The molecule has 2 amide bonds. The second-order valence-corrected chi connectivity index (χ2v) is 15.8. The van der Waals surface area contributed by atoms with Gasteiger partial charge in [-0.2, -0.15) is 13.5 Å². The SMILES string of the molecule is CCCCCNc1ccc(Cl)c(NC(=O)C(OCCOc2ccc(N=Nc3c(SOOO)cc4cc(S(=O)(=O)O)cc(NC(C)=O)c4c3O)cc2)C(=O)c2ccc(OC)cc2)c1. The van der Waals surface area contributed by atoms with E-state index in [2.05, 4.69) is 42.5 Å². The molecule has 328 valence electrons. The molecule has 5 aromatic carbocycles. The number of phenols is 1. The molecule has 62 heavy (non-hydrogen) atoms. The zero-order valence-corrected chi connectivity index (χ0v) is 35.8. The zero-order valence-electron chi connectivity index (χ0n) is 33.4. The Bertz CT molecular complexity index is 2530. The van der Waals surface area contributed by atoms with Gasteiger partial charge in [0.15, 0.2) is 11.9 Å². The minimum atomic E-state index is -4.74. The average Bonchev–Trinajstić information content (AvgIpc) is 3.24. The number of ketones is 1. The summed E-state index contributed by atoms with van der Waals surface area (Å²) in [6.07, 6.45) is 1.53. The highest BCUT2D eigenvalue weighted by molar-refractivity contribution is 7.94. The van der Waals surface area contributed by atoms with Crippen molar-refractivity contribution in [3.8, 4) is 17.2 Å². The van der Waals surface area contributed by atoms with Crippen LogP contribution in [0.15, 0.2) is 105 Å². The number of azo groups is 1. The number of methoxy groups -OCH3 is 1. The Labute approximate surface area is 365 Å². The van der Waals surface area contributed by atoms with E-state index < -0.39 is 44.5 Å². The van der Waals surface area contributed by atoms with Crippen LogP contribution in [-0.2, 0) is 33.8 Å². The maximum atomic E-state index is 13.6. The summed E-state index contributed by atoms with van der Waals surface area (Å²) in [5.41, 5.74) is 1.15. The van der Waals surface area contributed by atoms with Gasteiger partial charge in [0.2, 0.25) is 11.7 Å². The number of halogens is 1. The molecule has 0 bridgehead atoms. The quantitative estimate of drug-likeness (QED) is 0.00553. The third-order valence-corrected chi connectivity index (χ3v) is 10.6. The molecule has 5 aromatic rings. The van der Waals surface area contributed by atoms with E-state index in [-0.39, 0.29) is 56.5 Å². The summed E-state index contributed by atoms with van der Waals surface area (Å²) >= 11 is 6.82. The van der Waals surface area contributed by atoms with Crippen LogP contribution in [0.1, 0.15) is 43.5 Å². The summed E-state index contributed by atoms with van der Waals surface area (Å²) in [4.78, 5) is 38.6. The first kappa shape index (κ1) is 47.2. The smallest absolute Gasteiger partial charge is 0.294 e. The van der Waals surface area contributed by atoms with Crippen molar-refractivity contribution in [3.63, 3.8) is 0 Å². The molecule has 1 unspecified atom stereocenters. The minimum Gasteiger partial charge on any atom is -0.505 e. The number of anilines is 3. The molecule has 5 rings (SSSR count). The van der Waals surface area contributed by atoms with E-state index in [4.69, 9.17) is 31.1 Å². The van der Waals surface area contributed by atoms with Gasteiger partial charge in [-0.3, -0.25) is 18.9 Å². The Kier molecular flexibility index (Phi) is 17.0. The molecule has 18 nitrogen and oxygen atoms in total. The van der Waals surface area contributed by atoms with Crippen LogP contribution in [0.3, 0.4) is 0 Å². The van der Waals surface area contributed by atoms with Crippen LogP contribution in [0.2, 0.25) is 5.02 Å². The molecular formula is C41H42ClN5O13S2. The molecule has 6 N–H and O–H groups in total. The van der Waals surface area contributed by atoms with E-state index in [1.165, 1.54) is 37.4 Å². The summed E-state index contributed by atoms with van der Waals surface area (Å²) in [6.45, 7) is 3.75. The summed E-state index contributed by atoms with van der Waals surface area (Å²) in [7, 11) is -3.24. The van der Waals surface area contributed by atoms with Gasteiger partial charge in [0.05, 0.1) is 57.6 Å². The van der Waals surface area contributed by atoms with Crippen molar-refractivity contribution >= 4 is 90.6 Å². The van der Waals surface area contributed by atoms with Crippen molar-refractivity contribution in [1.82, 2.24) is 0 Å². The van der Waals surface area contributed by atoms with Gasteiger partial charge in [0, 0.05) is 30.1 Å². The maximum Gasteiger partial charge on any atom is 0.294 e. The first-order chi connectivity index (χ1) is 29.7. The van der Waals surface area contributed by atoms with Crippen molar-refractivity contribution in [3.05, 3.63) is 95.5 Å². The number of unbranched alkanes of at least 4 members (excludes halogenated alkanes) is 2. The lowest BCUT2D eigenvalue weighted by Crippen LogP contribution is -2.38. The molecule has 0 aliphatic heterocycles. The Morgan fingerprint density at radius 1 is 0.887 bits per heavy atom. The van der Waals surface area contributed by atoms with Crippen molar-refractivity contribution in [2.75, 3.05) is 42.8 Å². The van der Waals surface area contributed by atoms with Crippen molar-refractivity contribution < 1.29 is 61.3 Å². The number of amides is 2. The number of nitrogens with zero attached hydrogens (tertiary/aromatic N) is 2. The number of hydrogen-bond acceptors (Lipinski definition) is 16. The van der Waals surface area contributed by atoms with Crippen LogP contribution in [0.4, 0.5) is 28.4 Å². The fourth-order valence-electron chi connectivity index (χ4n) is 5.87. The second-order valence-electron chi connectivity index (χ2n) is 13.2. The van der Waals surface area contributed by atoms with Crippen LogP contribution in [0, 0.1) is 0 Å².